The molecule has 1 N–H and O–H groups in total. The number of amides is 1. The van der Waals surface area contributed by atoms with Crippen molar-refractivity contribution >= 4 is 23.1 Å². The van der Waals surface area contributed by atoms with E-state index in [0.29, 0.717) is 46.4 Å². The number of ether oxygens (including phenoxy) is 4. The van der Waals surface area contributed by atoms with Crippen molar-refractivity contribution in [3.8, 4) is 23.0 Å². The molecule has 0 saturated carbocycles. The molecule has 0 aliphatic carbocycles. The molecule has 3 aromatic rings. The van der Waals surface area contributed by atoms with Crippen LogP contribution in [0.3, 0.4) is 0 Å². The van der Waals surface area contributed by atoms with Gasteiger partial charge in [-0.1, -0.05) is 24.3 Å². The molecule has 37 heavy (non-hydrogen) atoms. The first-order valence-corrected chi connectivity index (χ1v) is 12.1. The molecule has 2 aliphatic heterocycles. The molecule has 1 fully saturated rings. The monoisotopic (exact) mass is 501 g/mol. The average molecular weight is 502 g/mol. The van der Waals surface area contributed by atoms with E-state index in [-0.39, 0.29) is 24.2 Å². The Morgan fingerprint density at radius 1 is 1.00 bits per heavy atom. The number of fused-ring (bicyclic) bond motifs is 1. The van der Waals surface area contributed by atoms with Crippen molar-refractivity contribution in [1.82, 2.24) is 0 Å². The average Bonchev–Trinajstić information content (AvgIpc) is 3.46. The Kier molecular flexibility index (Phi) is 6.48. The number of Topliss-reactive ketones (excluding diaryl/α,β-unsaturated/α-hetero) is 1. The van der Waals surface area contributed by atoms with Gasteiger partial charge >= 0.3 is 0 Å². The molecule has 0 aromatic heterocycles. The van der Waals surface area contributed by atoms with Crippen LogP contribution in [-0.4, -0.2) is 36.3 Å². The molecule has 3 aromatic carbocycles. The van der Waals surface area contributed by atoms with Crippen LogP contribution in [0.1, 0.15) is 37.9 Å². The first-order valence-electron chi connectivity index (χ1n) is 12.1. The van der Waals surface area contributed by atoms with Gasteiger partial charge in [-0.15, -0.1) is 0 Å². The Morgan fingerprint density at radius 3 is 2.49 bits per heavy atom. The quantitative estimate of drug-likeness (QED) is 0.269. The van der Waals surface area contributed by atoms with Gasteiger partial charge < -0.3 is 24.1 Å². The smallest absolute Gasteiger partial charge is 0.300 e. The summed E-state index contributed by atoms with van der Waals surface area (Å²) in [5.74, 6) is 0.405. The third-order valence-electron chi connectivity index (χ3n) is 6.06. The first kappa shape index (κ1) is 24.2. The third kappa shape index (κ3) is 4.58. The number of carbonyl (C=O) groups excluding carboxylic acids is 2. The third-order valence-corrected chi connectivity index (χ3v) is 6.06. The highest BCUT2D eigenvalue weighted by Crippen LogP contribution is 2.45. The number of hydrogen-bond acceptors (Lipinski definition) is 7. The van der Waals surface area contributed by atoms with Gasteiger partial charge in [-0.2, -0.15) is 0 Å². The fraction of sp³-hybridized carbons (Fsp3) is 0.241. The number of rotatable bonds is 7. The molecule has 1 saturated heterocycles. The number of ketones is 1. The van der Waals surface area contributed by atoms with E-state index in [2.05, 4.69) is 0 Å². The number of nitrogens with zero attached hydrogens (tertiary/aromatic N) is 1. The molecule has 1 atom stereocenters. The molecule has 0 bridgehead atoms. The zero-order chi connectivity index (χ0) is 26.1. The highest BCUT2D eigenvalue weighted by atomic mass is 16.7. The Hall–Kier alpha value is -4.46. The summed E-state index contributed by atoms with van der Waals surface area (Å²) in [7, 11) is 0. The van der Waals surface area contributed by atoms with Gasteiger partial charge in [-0.05, 0) is 62.7 Å². The molecule has 2 heterocycles. The van der Waals surface area contributed by atoms with Gasteiger partial charge in [-0.25, -0.2) is 0 Å². The molecule has 5 rings (SSSR count). The van der Waals surface area contributed by atoms with E-state index in [9.17, 15) is 14.7 Å². The van der Waals surface area contributed by atoms with E-state index in [1.54, 1.807) is 66.7 Å². The van der Waals surface area contributed by atoms with Gasteiger partial charge in [-0.3, -0.25) is 14.5 Å². The van der Waals surface area contributed by atoms with E-state index in [0.717, 1.165) is 0 Å². The minimum atomic E-state index is -0.884. The van der Waals surface area contributed by atoms with Crippen molar-refractivity contribution in [3.05, 3.63) is 83.4 Å². The number of benzene rings is 3. The Labute approximate surface area is 214 Å². The van der Waals surface area contributed by atoms with Crippen molar-refractivity contribution in [1.29, 1.82) is 0 Å². The van der Waals surface area contributed by atoms with Gasteiger partial charge in [0.25, 0.3) is 11.7 Å². The van der Waals surface area contributed by atoms with Crippen molar-refractivity contribution < 1.29 is 33.6 Å². The first-order chi connectivity index (χ1) is 17.9. The maximum atomic E-state index is 13.4. The molecular formula is C29H27NO7. The summed E-state index contributed by atoms with van der Waals surface area (Å²) in [6, 6.07) is 18.1. The van der Waals surface area contributed by atoms with Crippen LogP contribution in [0.4, 0.5) is 5.69 Å². The number of carbonyl (C=O) groups is 2. The number of aliphatic hydroxyl groups is 1. The molecule has 0 spiro atoms. The molecule has 8 heteroatoms. The van der Waals surface area contributed by atoms with Gasteiger partial charge in [0.2, 0.25) is 6.79 Å². The van der Waals surface area contributed by atoms with Crippen LogP contribution >= 0.6 is 0 Å². The minimum absolute atomic E-state index is 0.0199. The lowest BCUT2D eigenvalue weighted by Crippen LogP contribution is -2.29. The van der Waals surface area contributed by atoms with Gasteiger partial charge in [0.05, 0.1) is 24.3 Å². The van der Waals surface area contributed by atoms with Crippen LogP contribution in [0.15, 0.2) is 72.3 Å². The molecule has 190 valence electrons. The summed E-state index contributed by atoms with van der Waals surface area (Å²) in [5.41, 5.74) is 1.43. The SMILES string of the molecule is CCOc1ccc(C2/C(=C(\O)c3cccc(OC(C)C)c3)C(=O)C(=O)N2c2ccc3c(c2)OCO3)cc1. The summed E-state index contributed by atoms with van der Waals surface area (Å²) in [5, 5.41) is 11.4. The van der Waals surface area contributed by atoms with E-state index >= 15 is 0 Å². The van der Waals surface area contributed by atoms with E-state index in [1.807, 2.05) is 20.8 Å². The Morgan fingerprint density at radius 2 is 1.76 bits per heavy atom. The standard InChI is InChI=1S/C29H27NO7/c1-4-34-21-11-8-18(9-12-21)26-25(27(31)19-6-5-7-22(14-19)37-17(2)3)28(32)29(33)30(26)20-10-13-23-24(15-20)36-16-35-23/h5-15,17,26,31H,4,16H2,1-3H3/b27-25+. The molecule has 0 radical (unpaired) electrons. The van der Waals surface area contributed by atoms with E-state index in [1.165, 1.54) is 4.90 Å². The van der Waals surface area contributed by atoms with E-state index < -0.39 is 17.7 Å². The van der Waals surface area contributed by atoms with Crippen LogP contribution in [-0.2, 0) is 9.59 Å². The fourth-order valence-corrected chi connectivity index (χ4v) is 4.51. The van der Waals surface area contributed by atoms with Crippen LogP contribution < -0.4 is 23.8 Å². The zero-order valence-corrected chi connectivity index (χ0v) is 20.8. The molecular weight excluding hydrogens is 474 g/mol. The molecule has 8 nitrogen and oxygen atoms in total. The summed E-state index contributed by atoms with van der Waals surface area (Å²) >= 11 is 0. The summed E-state index contributed by atoms with van der Waals surface area (Å²) in [4.78, 5) is 28.2. The van der Waals surface area contributed by atoms with Crippen molar-refractivity contribution in [2.24, 2.45) is 0 Å². The Balaban J connectivity index is 1.65. The number of anilines is 1. The van der Waals surface area contributed by atoms with Crippen LogP contribution in [0.5, 0.6) is 23.0 Å². The van der Waals surface area contributed by atoms with Gasteiger partial charge in [0.1, 0.15) is 17.3 Å². The second kappa shape index (κ2) is 9.89. The largest absolute Gasteiger partial charge is 0.507 e. The molecule has 1 amide bonds. The van der Waals surface area contributed by atoms with E-state index in [4.69, 9.17) is 18.9 Å². The topological polar surface area (TPSA) is 94.5 Å². The van der Waals surface area contributed by atoms with Crippen LogP contribution in [0.25, 0.3) is 5.76 Å². The Bertz CT molecular complexity index is 1380. The second-order valence-electron chi connectivity index (χ2n) is 8.90. The predicted molar refractivity (Wildman–Crippen MR) is 137 cm³/mol. The second-order valence-corrected chi connectivity index (χ2v) is 8.90. The van der Waals surface area contributed by atoms with Gasteiger partial charge in [0.15, 0.2) is 11.5 Å². The highest BCUT2D eigenvalue weighted by Gasteiger charge is 2.47. The van der Waals surface area contributed by atoms with Crippen molar-refractivity contribution in [2.45, 2.75) is 32.9 Å². The minimum Gasteiger partial charge on any atom is -0.507 e. The number of hydrogen-bond donors (Lipinski definition) is 1. The molecule has 2 aliphatic rings. The zero-order valence-electron chi connectivity index (χ0n) is 20.8. The van der Waals surface area contributed by atoms with Crippen LogP contribution in [0, 0.1) is 0 Å². The molecule has 1 unspecified atom stereocenters. The summed E-state index contributed by atoms with van der Waals surface area (Å²) in [6.45, 7) is 6.27. The maximum absolute atomic E-state index is 13.4. The lowest BCUT2D eigenvalue weighted by molar-refractivity contribution is -0.132. The van der Waals surface area contributed by atoms with Gasteiger partial charge in [0, 0.05) is 17.3 Å². The summed E-state index contributed by atoms with van der Waals surface area (Å²) < 4.78 is 22.2. The maximum Gasteiger partial charge on any atom is 0.300 e. The number of aliphatic hydroxyl groups excluding tert-OH is 1. The predicted octanol–water partition coefficient (Wildman–Crippen LogP) is 5.23. The highest BCUT2D eigenvalue weighted by molar-refractivity contribution is 6.51. The normalized spacial score (nSPS) is 17.9. The van der Waals surface area contributed by atoms with Crippen molar-refractivity contribution in [2.75, 3.05) is 18.3 Å². The van der Waals surface area contributed by atoms with Crippen LogP contribution in [0.2, 0.25) is 0 Å². The fourth-order valence-electron chi connectivity index (χ4n) is 4.51. The lowest BCUT2D eigenvalue weighted by atomic mass is 9.95. The van der Waals surface area contributed by atoms with Crippen molar-refractivity contribution in [3.63, 3.8) is 0 Å². The lowest BCUT2D eigenvalue weighted by Gasteiger charge is -2.26. The summed E-state index contributed by atoms with van der Waals surface area (Å²) in [6.07, 6.45) is -0.0714.